The molecule has 1 unspecified atom stereocenters. The van der Waals surface area contributed by atoms with Gasteiger partial charge in [-0.1, -0.05) is 29.8 Å². The lowest BCUT2D eigenvalue weighted by Gasteiger charge is -2.32. The molecule has 0 saturated carbocycles. The van der Waals surface area contributed by atoms with Gasteiger partial charge in [0.1, 0.15) is 31.6 Å². The number of rotatable bonds is 9. The van der Waals surface area contributed by atoms with E-state index in [1.807, 2.05) is 31.2 Å². The second-order valence-corrected chi connectivity index (χ2v) is 11.0. The summed E-state index contributed by atoms with van der Waals surface area (Å²) in [4.78, 5) is 27.5. The molecule has 9 nitrogen and oxygen atoms in total. The zero-order valence-corrected chi connectivity index (χ0v) is 22.7. The third kappa shape index (κ3) is 6.31. The number of ether oxygens (including phenoxy) is 2. The van der Waals surface area contributed by atoms with E-state index >= 15 is 0 Å². The molecule has 11 heteroatoms. The van der Waals surface area contributed by atoms with Crippen LogP contribution in [0.5, 0.6) is 11.5 Å². The molecular formula is C28H30FN3O6S. The van der Waals surface area contributed by atoms with Crippen molar-refractivity contribution < 1.29 is 31.9 Å². The van der Waals surface area contributed by atoms with Crippen molar-refractivity contribution in [2.24, 2.45) is 0 Å². The van der Waals surface area contributed by atoms with Crippen LogP contribution in [0.25, 0.3) is 0 Å². The van der Waals surface area contributed by atoms with E-state index in [9.17, 15) is 22.4 Å². The minimum absolute atomic E-state index is 0.0798. The number of nitrogens with zero attached hydrogens (tertiary/aromatic N) is 2. The summed E-state index contributed by atoms with van der Waals surface area (Å²) in [5.74, 6) is -0.900. The van der Waals surface area contributed by atoms with Crippen molar-refractivity contribution in [3.8, 4) is 11.5 Å². The quantitative estimate of drug-likeness (QED) is 0.435. The first-order chi connectivity index (χ1) is 18.6. The average Bonchev–Trinajstić information content (AvgIpc) is 2.94. The summed E-state index contributed by atoms with van der Waals surface area (Å²) in [7, 11) is -2.87. The minimum Gasteiger partial charge on any atom is -0.486 e. The lowest BCUT2D eigenvalue weighted by molar-refractivity contribution is -0.139. The highest BCUT2D eigenvalue weighted by molar-refractivity contribution is 7.92. The Kier molecular flexibility index (Phi) is 8.39. The van der Waals surface area contributed by atoms with E-state index in [-0.39, 0.29) is 29.5 Å². The first-order valence-electron chi connectivity index (χ1n) is 12.3. The molecule has 1 aliphatic rings. The Morgan fingerprint density at radius 1 is 1.00 bits per heavy atom. The van der Waals surface area contributed by atoms with Crippen LogP contribution in [0.1, 0.15) is 18.1 Å². The molecule has 4 rings (SSSR count). The normalized spacial score (nSPS) is 13.3. The van der Waals surface area contributed by atoms with Crippen LogP contribution in [0.15, 0.2) is 71.6 Å². The maximum absolute atomic E-state index is 13.9. The molecule has 0 bridgehead atoms. The fourth-order valence-electron chi connectivity index (χ4n) is 4.25. The number of carbonyl (C=O) groups is 2. The largest absolute Gasteiger partial charge is 0.486 e. The zero-order valence-electron chi connectivity index (χ0n) is 21.9. The standard InChI is InChI=1S/C28H30FN3O6S/c1-19-5-4-6-21(15-19)17-31(20(2)28(34)30-3)27(33)18-32(23-9-7-22(29)8-10-23)39(35,36)24-11-12-25-26(16-24)38-14-13-37-25/h4-12,15-16,20H,13-14,17-18H2,1-3H3,(H,30,34). The minimum atomic E-state index is -4.33. The van der Waals surface area contributed by atoms with Gasteiger partial charge >= 0.3 is 0 Å². The van der Waals surface area contributed by atoms with Gasteiger partial charge in [-0.25, -0.2) is 12.8 Å². The molecule has 3 aromatic carbocycles. The lowest BCUT2D eigenvalue weighted by atomic mass is 10.1. The summed E-state index contributed by atoms with van der Waals surface area (Å²) in [5, 5.41) is 2.54. The molecule has 0 aliphatic carbocycles. The monoisotopic (exact) mass is 555 g/mol. The van der Waals surface area contributed by atoms with Gasteiger partial charge in [-0.2, -0.15) is 0 Å². The fourth-order valence-corrected chi connectivity index (χ4v) is 5.68. The van der Waals surface area contributed by atoms with E-state index in [1.54, 1.807) is 6.92 Å². The molecule has 1 heterocycles. The summed E-state index contributed by atoms with van der Waals surface area (Å²) in [5.41, 5.74) is 1.84. The number of likely N-dealkylation sites (N-methyl/N-ethyl adjacent to an activating group) is 1. The van der Waals surface area contributed by atoms with E-state index in [2.05, 4.69) is 5.32 Å². The molecule has 0 spiro atoms. The lowest BCUT2D eigenvalue weighted by Crippen LogP contribution is -2.50. The molecule has 1 atom stereocenters. The SMILES string of the molecule is CNC(=O)C(C)N(Cc1cccc(C)c1)C(=O)CN(c1ccc(F)cc1)S(=O)(=O)c1ccc2c(c1)OCCO2. The molecule has 1 N–H and O–H groups in total. The smallest absolute Gasteiger partial charge is 0.264 e. The Balaban J connectivity index is 1.72. The number of carbonyl (C=O) groups excluding carboxylic acids is 2. The van der Waals surface area contributed by atoms with Crippen molar-refractivity contribution in [3.05, 3.63) is 83.7 Å². The number of amides is 2. The van der Waals surface area contributed by atoms with Crippen LogP contribution in [0.4, 0.5) is 10.1 Å². The summed E-state index contributed by atoms with van der Waals surface area (Å²) < 4.78 is 53.5. The van der Waals surface area contributed by atoms with Crippen molar-refractivity contribution in [1.29, 1.82) is 0 Å². The molecule has 1 aliphatic heterocycles. The maximum atomic E-state index is 13.9. The molecule has 3 aromatic rings. The highest BCUT2D eigenvalue weighted by atomic mass is 32.2. The van der Waals surface area contributed by atoms with Crippen LogP contribution in [0, 0.1) is 12.7 Å². The van der Waals surface area contributed by atoms with Crippen LogP contribution in [-0.4, -0.2) is 58.0 Å². The number of hydrogen-bond acceptors (Lipinski definition) is 6. The van der Waals surface area contributed by atoms with Crippen molar-refractivity contribution in [2.75, 3.05) is 31.1 Å². The van der Waals surface area contributed by atoms with E-state index in [4.69, 9.17) is 9.47 Å². The van der Waals surface area contributed by atoms with E-state index in [0.29, 0.717) is 12.4 Å². The zero-order chi connectivity index (χ0) is 28.2. The van der Waals surface area contributed by atoms with Crippen molar-refractivity contribution in [1.82, 2.24) is 10.2 Å². The van der Waals surface area contributed by atoms with Gasteiger partial charge in [0.15, 0.2) is 11.5 Å². The number of nitrogens with one attached hydrogen (secondary N) is 1. The first kappa shape index (κ1) is 27.9. The highest BCUT2D eigenvalue weighted by Crippen LogP contribution is 2.34. The van der Waals surface area contributed by atoms with Gasteiger partial charge in [0.05, 0.1) is 10.6 Å². The summed E-state index contributed by atoms with van der Waals surface area (Å²) in [6.07, 6.45) is 0. The van der Waals surface area contributed by atoms with Gasteiger partial charge in [0.2, 0.25) is 11.8 Å². The van der Waals surface area contributed by atoms with Crippen LogP contribution in [-0.2, 0) is 26.2 Å². The maximum Gasteiger partial charge on any atom is 0.264 e. The Morgan fingerprint density at radius 2 is 1.69 bits per heavy atom. The number of fused-ring (bicyclic) bond motifs is 1. The molecular weight excluding hydrogens is 525 g/mol. The van der Waals surface area contributed by atoms with Crippen LogP contribution >= 0.6 is 0 Å². The van der Waals surface area contributed by atoms with Gasteiger partial charge in [0.25, 0.3) is 10.0 Å². The third-order valence-corrected chi connectivity index (χ3v) is 8.11. The Bertz CT molecular complexity index is 1460. The van der Waals surface area contributed by atoms with Crippen molar-refractivity contribution in [2.45, 2.75) is 31.3 Å². The molecule has 206 valence electrons. The predicted octanol–water partition coefficient (Wildman–Crippen LogP) is 3.26. The molecule has 0 radical (unpaired) electrons. The summed E-state index contributed by atoms with van der Waals surface area (Å²) in [6, 6.07) is 15.6. The number of aryl methyl sites for hydroxylation is 1. The fraction of sp³-hybridized carbons (Fsp3) is 0.286. The van der Waals surface area contributed by atoms with Gasteiger partial charge in [-0.15, -0.1) is 0 Å². The predicted molar refractivity (Wildman–Crippen MR) is 144 cm³/mol. The topological polar surface area (TPSA) is 105 Å². The van der Waals surface area contributed by atoms with E-state index in [1.165, 1.54) is 42.3 Å². The number of benzene rings is 3. The molecule has 2 amide bonds. The average molecular weight is 556 g/mol. The molecule has 0 aromatic heterocycles. The molecule has 0 fully saturated rings. The van der Waals surface area contributed by atoms with Crippen LogP contribution < -0.4 is 19.1 Å². The van der Waals surface area contributed by atoms with E-state index < -0.39 is 40.2 Å². The van der Waals surface area contributed by atoms with E-state index in [0.717, 1.165) is 27.6 Å². The van der Waals surface area contributed by atoms with Crippen molar-refractivity contribution in [3.63, 3.8) is 0 Å². The van der Waals surface area contributed by atoms with Gasteiger partial charge in [-0.3, -0.25) is 13.9 Å². The summed E-state index contributed by atoms with van der Waals surface area (Å²) in [6.45, 7) is 3.54. The van der Waals surface area contributed by atoms with Gasteiger partial charge < -0.3 is 19.7 Å². The number of hydrogen-bond donors (Lipinski definition) is 1. The van der Waals surface area contributed by atoms with Crippen molar-refractivity contribution >= 4 is 27.5 Å². The Morgan fingerprint density at radius 3 is 2.36 bits per heavy atom. The van der Waals surface area contributed by atoms with Gasteiger partial charge in [-0.05, 0) is 55.8 Å². The number of anilines is 1. The third-order valence-electron chi connectivity index (χ3n) is 6.34. The highest BCUT2D eigenvalue weighted by Gasteiger charge is 2.33. The number of sulfonamides is 1. The van der Waals surface area contributed by atoms with Crippen LogP contribution in [0.2, 0.25) is 0 Å². The first-order valence-corrected chi connectivity index (χ1v) is 13.8. The Labute approximate surface area is 227 Å². The molecule has 0 saturated heterocycles. The summed E-state index contributed by atoms with van der Waals surface area (Å²) >= 11 is 0. The Hall–Kier alpha value is -4.12. The second kappa shape index (κ2) is 11.7. The molecule has 39 heavy (non-hydrogen) atoms. The van der Waals surface area contributed by atoms with Crippen LogP contribution in [0.3, 0.4) is 0 Å². The number of halogens is 1. The van der Waals surface area contributed by atoms with Gasteiger partial charge in [0, 0.05) is 19.7 Å². The second-order valence-electron chi connectivity index (χ2n) is 9.09.